The van der Waals surface area contributed by atoms with Crippen LogP contribution in [0.5, 0.6) is 5.75 Å². The molecule has 4 heteroatoms. The van der Waals surface area contributed by atoms with Crippen LogP contribution in [0.4, 0.5) is 5.69 Å². The van der Waals surface area contributed by atoms with Gasteiger partial charge in [-0.25, -0.2) is 4.79 Å². The average Bonchev–Trinajstić information content (AvgIpc) is 2.53. The van der Waals surface area contributed by atoms with Crippen molar-refractivity contribution in [2.75, 3.05) is 12.8 Å². The predicted octanol–water partition coefficient (Wildman–Crippen LogP) is 3.55. The highest BCUT2D eigenvalue weighted by Crippen LogP contribution is 2.24. The summed E-state index contributed by atoms with van der Waals surface area (Å²) < 4.78 is 10.4. The van der Waals surface area contributed by atoms with E-state index in [1.165, 1.54) is 6.07 Å². The fourth-order valence-corrected chi connectivity index (χ4v) is 2.27. The number of hydrogen-bond acceptors (Lipinski definition) is 4. The zero-order chi connectivity index (χ0) is 15.5. The molecule has 1 heterocycles. The van der Waals surface area contributed by atoms with Gasteiger partial charge in [-0.15, -0.1) is 0 Å². The average molecular weight is 293 g/mol. The van der Waals surface area contributed by atoms with E-state index in [4.69, 9.17) is 14.9 Å². The fraction of sp³-hybridized carbons (Fsp3) is 0.0556. The first-order chi connectivity index (χ1) is 10.7. The number of hydrogen-bond donors (Lipinski definition) is 1. The summed E-state index contributed by atoms with van der Waals surface area (Å²) in [6.45, 7) is 0. The topological polar surface area (TPSA) is 65.5 Å². The lowest BCUT2D eigenvalue weighted by Gasteiger charge is -2.04. The first-order valence-corrected chi connectivity index (χ1v) is 6.82. The van der Waals surface area contributed by atoms with Gasteiger partial charge in [0, 0.05) is 17.1 Å². The molecular formula is C18H15NO3. The van der Waals surface area contributed by atoms with E-state index < -0.39 is 5.63 Å². The van der Waals surface area contributed by atoms with Crippen molar-refractivity contribution in [3.05, 3.63) is 70.1 Å². The van der Waals surface area contributed by atoms with E-state index in [0.717, 1.165) is 16.5 Å². The Hall–Kier alpha value is -3.01. The number of nitrogens with two attached hydrogens (primary N) is 1. The maximum atomic E-state index is 11.7. The number of anilines is 1. The standard InChI is InChI=1S/C18H15NO3/c1-21-14-8-9-17-15(11-14)13(10-18(20)22-17)7-6-12-4-2-3-5-16(12)19/h2-11H,19H2,1H3/b7-6+. The van der Waals surface area contributed by atoms with Gasteiger partial charge in [0.05, 0.1) is 7.11 Å². The Kier molecular flexibility index (Phi) is 3.66. The summed E-state index contributed by atoms with van der Waals surface area (Å²) in [6.07, 6.45) is 3.73. The number of nitrogen functional groups attached to an aromatic ring is 1. The summed E-state index contributed by atoms with van der Waals surface area (Å²) in [5.74, 6) is 0.704. The molecule has 2 N–H and O–H groups in total. The minimum Gasteiger partial charge on any atom is -0.497 e. The van der Waals surface area contributed by atoms with Crippen molar-refractivity contribution in [1.29, 1.82) is 0 Å². The van der Waals surface area contributed by atoms with Crippen molar-refractivity contribution in [2.45, 2.75) is 0 Å². The number of benzene rings is 2. The molecule has 110 valence electrons. The third kappa shape index (κ3) is 2.72. The third-order valence-corrected chi connectivity index (χ3v) is 3.42. The number of ether oxygens (including phenoxy) is 1. The van der Waals surface area contributed by atoms with Crippen LogP contribution in [0.15, 0.2) is 57.7 Å². The Balaban J connectivity index is 2.13. The second-order valence-corrected chi connectivity index (χ2v) is 4.85. The van der Waals surface area contributed by atoms with Gasteiger partial charge in [0.2, 0.25) is 0 Å². The van der Waals surface area contributed by atoms with Crippen molar-refractivity contribution in [3.63, 3.8) is 0 Å². The number of methoxy groups -OCH3 is 1. The molecule has 0 bridgehead atoms. The monoisotopic (exact) mass is 293 g/mol. The smallest absolute Gasteiger partial charge is 0.336 e. The van der Waals surface area contributed by atoms with Gasteiger partial charge < -0.3 is 14.9 Å². The zero-order valence-corrected chi connectivity index (χ0v) is 12.1. The largest absolute Gasteiger partial charge is 0.497 e. The van der Waals surface area contributed by atoms with Gasteiger partial charge in [-0.05, 0) is 35.4 Å². The van der Waals surface area contributed by atoms with Gasteiger partial charge in [0.25, 0.3) is 0 Å². The SMILES string of the molecule is COc1ccc2oc(=O)cc(/C=C/c3ccccc3N)c2c1. The minimum absolute atomic E-state index is 0.390. The van der Waals surface area contributed by atoms with Gasteiger partial charge in [0.15, 0.2) is 0 Å². The fourth-order valence-electron chi connectivity index (χ4n) is 2.27. The van der Waals surface area contributed by atoms with Crippen LogP contribution in [0.2, 0.25) is 0 Å². The molecule has 1 aromatic heterocycles. The minimum atomic E-state index is -0.390. The molecule has 0 fully saturated rings. The summed E-state index contributed by atoms with van der Waals surface area (Å²) >= 11 is 0. The molecule has 0 aliphatic heterocycles. The highest BCUT2D eigenvalue weighted by molar-refractivity contribution is 5.90. The molecule has 0 aliphatic carbocycles. The molecule has 0 saturated carbocycles. The van der Waals surface area contributed by atoms with Crippen LogP contribution < -0.4 is 16.1 Å². The van der Waals surface area contributed by atoms with Crippen LogP contribution in [0.1, 0.15) is 11.1 Å². The molecular weight excluding hydrogens is 278 g/mol. The van der Waals surface area contributed by atoms with Gasteiger partial charge in [-0.2, -0.15) is 0 Å². The van der Waals surface area contributed by atoms with Crippen molar-refractivity contribution in [3.8, 4) is 5.75 Å². The Morgan fingerprint density at radius 1 is 1.05 bits per heavy atom. The van der Waals surface area contributed by atoms with Crippen LogP contribution in [-0.2, 0) is 0 Å². The quantitative estimate of drug-likeness (QED) is 0.592. The van der Waals surface area contributed by atoms with Crippen LogP contribution in [0.3, 0.4) is 0 Å². The van der Waals surface area contributed by atoms with E-state index in [9.17, 15) is 4.79 Å². The first kappa shape index (κ1) is 13.9. The zero-order valence-electron chi connectivity index (χ0n) is 12.1. The van der Waals surface area contributed by atoms with Gasteiger partial charge >= 0.3 is 5.63 Å². The van der Waals surface area contributed by atoms with E-state index in [1.54, 1.807) is 19.2 Å². The molecule has 0 radical (unpaired) electrons. The molecule has 2 aromatic carbocycles. The number of fused-ring (bicyclic) bond motifs is 1. The van der Waals surface area contributed by atoms with Gasteiger partial charge in [-0.1, -0.05) is 30.4 Å². The van der Waals surface area contributed by atoms with Crippen LogP contribution >= 0.6 is 0 Å². The summed E-state index contributed by atoms with van der Waals surface area (Å²) in [7, 11) is 1.60. The Morgan fingerprint density at radius 2 is 1.82 bits per heavy atom. The molecule has 0 saturated heterocycles. The Labute approximate surface area is 127 Å². The number of rotatable bonds is 3. The molecule has 0 unspecified atom stereocenters. The highest BCUT2D eigenvalue weighted by atomic mass is 16.5. The van der Waals surface area contributed by atoms with E-state index in [0.29, 0.717) is 17.0 Å². The molecule has 0 spiro atoms. The van der Waals surface area contributed by atoms with Gasteiger partial charge in [0.1, 0.15) is 11.3 Å². The van der Waals surface area contributed by atoms with Gasteiger partial charge in [-0.3, -0.25) is 0 Å². The predicted molar refractivity (Wildman–Crippen MR) is 88.8 cm³/mol. The van der Waals surface area contributed by atoms with Crippen LogP contribution in [0, 0.1) is 0 Å². The lowest BCUT2D eigenvalue weighted by Crippen LogP contribution is -1.98. The lowest BCUT2D eigenvalue weighted by molar-refractivity contribution is 0.415. The highest BCUT2D eigenvalue weighted by Gasteiger charge is 2.05. The van der Waals surface area contributed by atoms with E-state index in [-0.39, 0.29) is 0 Å². The van der Waals surface area contributed by atoms with E-state index in [1.807, 2.05) is 42.5 Å². The maximum Gasteiger partial charge on any atom is 0.336 e. The van der Waals surface area contributed by atoms with Crippen molar-refractivity contribution >= 4 is 28.8 Å². The van der Waals surface area contributed by atoms with Crippen LogP contribution in [0.25, 0.3) is 23.1 Å². The Bertz CT molecular complexity index is 910. The Morgan fingerprint density at radius 3 is 2.59 bits per heavy atom. The number of para-hydroxylation sites is 1. The van der Waals surface area contributed by atoms with Crippen molar-refractivity contribution in [1.82, 2.24) is 0 Å². The molecule has 0 aliphatic rings. The second kappa shape index (κ2) is 5.77. The first-order valence-electron chi connectivity index (χ1n) is 6.82. The third-order valence-electron chi connectivity index (χ3n) is 3.42. The van der Waals surface area contributed by atoms with E-state index >= 15 is 0 Å². The van der Waals surface area contributed by atoms with E-state index in [2.05, 4.69) is 0 Å². The summed E-state index contributed by atoms with van der Waals surface area (Å²) in [6, 6.07) is 14.3. The van der Waals surface area contributed by atoms with Crippen molar-refractivity contribution < 1.29 is 9.15 Å². The molecule has 0 amide bonds. The summed E-state index contributed by atoms with van der Waals surface area (Å²) in [4.78, 5) is 11.7. The summed E-state index contributed by atoms with van der Waals surface area (Å²) in [5, 5.41) is 0.810. The summed E-state index contributed by atoms with van der Waals surface area (Å²) in [5.41, 5.74) is 8.39. The molecule has 22 heavy (non-hydrogen) atoms. The lowest BCUT2D eigenvalue weighted by atomic mass is 10.1. The van der Waals surface area contributed by atoms with Crippen LogP contribution in [-0.4, -0.2) is 7.11 Å². The molecule has 3 rings (SSSR count). The molecule has 0 atom stereocenters. The second-order valence-electron chi connectivity index (χ2n) is 4.85. The molecule has 4 nitrogen and oxygen atoms in total. The normalized spacial score (nSPS) is 11.1. The maximum absolute atomic E-state index is 11.7. The molecule has 3 aromatic rings. The van der Waals surface area contributed by atoms with Crippen molar-refractivity contribution in [2.24, 2.45) is 0 Å².